The number of amides is 1. The highest BCUT2D eigenvalue weighted by Crippen LogP contribution is 2.45. The van der Waals surface area contributed by atoms with Crippen LogP contribution in [0.2, 0.25) is 0 Å². The Morgan fingerprint density at radius 2 is 1.95 bits per heavy atom. The van der Waals surface area contributed by atoms with E-state index in [0.29, 0.717) is 5.69 Å². The molecule has 1 saturated heterocycles. The fraction of sp³-hybridized carbons (Fsp3) is 0.294. The number of hydrogen-bond acceptors (Lipinski definition) is 4. The summed E-state index contributed by atoms with van der Waals surface area (Å²) in [5, 5.41) is 3.03. The summed E-state index contributed by atoms with van der Waals surface area (Å²) in [6.45, 7) is 1.61. The number of hydrogen-bond donors (Lipinski definition) is 2. The van der Waals surface area contributed by atoms with Gasteiger partial charge in [0.1, 0.15) is 5.82 Å². The van der Waals surface area contributed by atoms with E-state index in [9.17, 15) is 4.79 Å². The third-order valence-corrected chi connectivity index (χ3v) is 4.84. The number of fused-ring (bicyclic) bond motifs is 2. The number of nitrogen functional groups attached to an aromatic ring is 1. The molecule has 2 aliphatic rings. The summed E-state index contributed by atoms with van der Waals surface area (Å²) in [5.41, 5.74) is 8.27. The second-order valence-corrected chi connectivity index (χ2v) is 6.02. The summed E-state index contributed by atoms with van der Waals surface area (Å²) < 4.78 is 0. The quantitative estimate of drug-likeness (QED) is 0.845. The van der Waals surface area contributed by atoms with Crippen LogP contribution in [0.15, 0.2) is 42.6 Å². The Hall–Kier alpha value is -2.56. The van der Waals surface area contributed by atoms with Gasteiger partial charge in [0.2, 0.25) is 5.91 Å². The van der Waals surface area contributed by atoms with Crippen molar-refractivity contribution >= 4 is 23.1 Å². The molecule has 2 aromatic rings. The van der Waals surface area contributed by atoms with E-state index in [4.69, 9.17) is 5.73 Å². The summed E-state index contributed by atoms with van der Waals surface area (Å²) in [5.74, 6) is 1.02. The van der Waals surface area contributed by atoms with Gasteiger partial charge in [0, 0.05) is 36.7 Å². The number of anilines is 3. The number of aromatic nitrogens is 1. The van der Waals surface area contributed by atoms with E-state index in [1.807, 2.05) is 24.3 Å². The highest BCUT2D eigenvalue weighted by Gasteiger charge is 2.48. The van der Waals surface area contributed by atoms with Gasteiger partial charge in [-0.3, -0.25) is 4.79 Å². The first-order valence-corrected chi connectivity index (χ1v) is 7.56. The van der Waals surface area contributed by atoms with Gasteiger partial charge < -0.3 is 16.0 Å². The van der Waals surface area contributed by atoms with Crippen molar-refractivity contribution in [2.45, 2.75) is 18.3 Å². The minimum Gasteiger partial charge on any atom is -0.399 e. The Morgan fingerprint density at radius 1 is 1.18 bits per heavy atom. The first kappa shape index (κ1) is 13.1. The molecule has 1 amide bonds. The van der Waals surface area contributed by atoms with Gasteiger partial charge in [-0.05, 0) is 30.5 Å². The van der Waals surface area contributed by atoms with Crippen molar-refractivity contribution in [1.82, 2.24) is 4.98 Å². The van der Waals surface area contributed by atoms with Crippen molar-refractivity contribution in [3.63, 3.8) is 0 Å². The van der Waals surface area contributed by atoms with Crippen molar-refractivity contribution in [3.05, 3.63) is 48.2 Å². The maximum atomic E-state index is 12.5. The molecule has 1 fully saturated rings. The lowest BCUT2D eigenvalue weighted by atomic mass is 9.73. The number of pyridine rings is 1. The SMILES string of the molecule is Nc1ccnc(N2CCC3(CC2)C(=O)Nc2ccccc23)c1. The molecular formula is C17H18N4O. The van der Waals surface area contributed by atoms with E-state index < -0.39 is 0 Å². The van der Waals surface area contributed by atoms with E-state index >= 15 is 0 Å². The monoisotopic (exact) mass is 294 g/mol. The van der Waals surface area contributed by atoms with Crippen LogP contribution in [0.5, 0.6) is 0 Å². The molecule has 0 atom stereocenters. The van der Waals surface area contributed by atoms with Gasteiger partial charge >= 0.3 is 0 Å². The van der Waals surface area contributed by atoms with Gasteiger partial charge in [-0.15, -0.1) is 0 Å². The number of nitrogens with one attached hydrogen (secondary N) is 1. The molecule has 2 aliphatic heterocycles. The van der Waals surface area contributed by atoms with E-state index in [1.165, 1.54) is 0 Å². The number of para-hydroxylation sites is 1. The molecular weight excluding hydrogens is 276 g/mol. The van der Waals surface area contributed by atoms with Crippen LogP contribution in [-0.4, -0.2) is 24.0 Å². The maximum absolute atomic E-state index is 12.5. The molecule has 1 spiro atoms. The normalized spacial score (nSPS) is 19.1. The average molecular weight is 294 g/mol. The van der Waals surface area contributed by atoms with Gasteiger partial charge in [-0.25, -0.2) is 4.98 Å². The fourth-order valence-corrected chi connectivity index (χ4v) is 3.59. The van der Waals surface area contributed by atoms with Crippen molar-refractivity contribution in [2.75, 3.05) is 29.0 Å². The molecule has 112 valence electrons. The van der Waals surface area contributed by atoms with E-state index in [2.05, 4.69) is 21.3 Å². The van der Waals surface area contributed by atoms with Crippen molar-refractivity contribution < 1.29 is 4.79 Å². The second kappa shape index (κ2) is 4.73. The molecule has 1 aromatic heterocycles. The lowest BCUT2D eigenvalue weighted by molar-refractivity contribution is -0.121. The Morgan fingerprint density at radius 3 is 2.73 bits per heavy atom. The molecule has 0 radical (unpaired) electrons. The van der Waals surface area contributed by atoms with Gasteiger partial charge in [0.25, 0.3) is 0 Å². The maximum Gasteiger partial charge on any atom is 0.235 e. The summed E-state index contributed by atoms with van der Waals surface area (Å²) >= 11 is 0. The molecule has 22 heavy (non-hydrogen) atoms. The Kier molecular flexibility index (Phi) is 2.82. The first-order chi connectivity index (χ1) is 10.7. The van der Waals surface area contributed by atoms with Crippen molar-refractivity contribution in [3.8, 4) is 0 Å². The van der Waals surface area contributed by atoms with Gasteiger partial charge in [0.15, 0.2) is 0 Å². The van der Waals surface area contributed by atoms with Crippen LogP contribution < -0.4 is 16.0 Å². The van der Waals surface area contributed by atoms with Crippen molar-refractivity contribution in [1.29, 1.82) is 0 Å². The predicted octanol–water partition coefficient (Wildman–Crippen LogP) is 2.15. The Labute approximate surface area is 129 Å². The summed E-state index contributed by atoms with van der Waals surface area (Å²) in [6.07, 6.45) is 3.32. The fourth-order valence-electron chi connectivity index (χ4n) is 3.59. The van der Waals surface area contributed by atoms with Crippen LogP contribution in [0.25, 0.3) is 0 Å². The molecule has 3 N–H and O–H groups in total. The van der Waals surface area contributed by atoms with E-state index in [-0.39, 0.29) is 11.3 Å². The van der Waals surface area contributed by atoms with E-state index in [1.54, 1.807) is 12.3 Å². The summed E-state index contributed by atoms with van der Waals surface area (Å²) in [4.78, 5) is 19.1. The zero-order chi connectivity index (χ0) is 15.2. The summed E-state index contributed by atoms with van der Waals surface area (Å²) in [6, 6.07) is 11.7. The molecule has 0 aliphatic carbocycles. The van der Waals surface area contributed by atoms with Crippen LogP contribution in [0.3, 0.4) is 0 Å². The van der Waals surface area contributed by atoms with Gasteiger partial charge in [-0.2, -0.15) is 0 Å². The average Bonchev–Trinajstić information content (AvgIpc) is 2.81. The predicted molar refractivity (Wildman–Crippen MR) is 86.8 cm³/mol. The molecule has 0 bridgehead atoms. The van der Waals surface area contributed by atoms with Gasteiger partial charge in [0.05, 0.1) is 5.41 Å². The lowest BCUT2D eigenvalue weighted by Gasteiger charge is -2.38. The Bertz CT molecular complexity index is 735. The zero-order valence-electron chi connectivity index (χ0n) is 12.2. The number of nitrogens with two attached hydrogens (primary N) is 1. The molecule has 3 heterocycles. The topological polar surface area (TPSA) is 71.2 Å². The molecule has 5 heteroatoms. The minimum absolute atomic E-state index is 0.133. The number of benzene rings is 1. The van der Waals surface area contributed by atoms with Crippen LogP contribution >= 0.6 is 0 Å². The van der Waals surface area contributed by atoms with Gasteiger partial charge in [-0.1, -0.05) is 18.2 Å². The lowest BCUT2D eigenvalue weighted by Crippen LogP contribution is -2.46. The van der Waals surface area contributed by atoms with Crippen LogP contribution in [0, 0.1) is 0 Å². The number of carbonyl (C=O) groups excluding carboxylic acids is 1. The third-order valence-electron chi connectivity index (χ3n) is 4.84. The second-order valence-electron chi connectivity index (χ2n) is 6.02. The standard InChI is InChI=1S/C17H18N4O/c18-12-5-8-19-15(11-12)21-9-6-17(7-10-21)13-3-1-2-4-14(13)20-16(17)22/h1-5,8,11H,6-7,9-10H2,(H2,18,19)(H,20,22). The number of rotatable bonds is 1. The smallest absolute Gasteiger partial charge is 0.235 e. The highest BCUT2D eigenvalue weighted by molar-refractivity contribution is 6.06. The number of nitrogens with zero attached hydrogens (tertiary/aromatic N) is 2. The molecule has 1 aromatic carbocycles. The largest absolute Gasteiger partial charge is 0.399 e. The Balaban J connectivity index is 1.61. The molecule has 4 rings (SSSR count). The molecule has 5 nitrogen and oxygen atoms in total. The van der Waals surface area contributed by atoms with Crippen LogP contribution in [0.4, 0.5) is 17.2 Å². The van der Waals surface area contributed by atoms with Crippen molar-refractivity contribution in [2.24, 2.45) is 0 Å². The third kappa shape index (κ3) is 1.85. The first-order valence-electron chi connectivity index (χ1n) is 7.56. The molecule has 0 unspecified atom stereocenters. The van der Waals surface area contributed by atoms with Crippen LogP contribution in [0.1, 0.15) is 18.4 Å². The van der Waals surface area contributed by atoms with E-state index in [0.717, 1.165) is 43.0 Å². The number of carbonyl (C=O) groups is 1. The van der Waals surface area contributed by atoms with Crippen LogP contribution in [-0.2, 0) is 10.2 Å². The highest BCUT2D eigenvalue weighted by atomic mass is 16.2. The number of piperidine rings is 1. The minimum atomic E-state index is -0.382. The molecule has 0 saturated carbocycles. The summed E-state index contributed by atoms with van der Waals surface area (Å²) in [7, 11) is 0. The zero-order valence-corrected chi connectivity index (χ0v) is 12.2.